The molecule has 0 saturated heterocycles. The van der Waals surface area contributed by atoms with Gasteiger partial charge in [0.05, 0.1) is 17.2 Å². The topological polar surface area (TPSA) is 98.1 Å². The second-order valence-electron chi connectivity index (χ2n) is 8.43. The predicted octanol–water partition coefficient (Wildman–Crippen LogP) is 4.87. The van der Waals surface area contributed by atoms with Gasteiger partial charge >= 0.3 is 0 Å². The Kier molecular flexibility index (Phi) is 8.36. The van der Waals surface area contributed by atoms with Crippen molar-refractivity contribution < 1.29 is 14.3 Å². The molecule has 0 radical (unpaired) electrons. The van der Waals surface area contributed by atoms with Gasteiger partial charge in [-0.25, -0.2) is 0 Å². The van der Waals surface area contributed by atoms with Gasteiger partial charge in [-0.2, -0.15) is 0 Å². The van der Waals surface area contributed by atoms with Crippen LogP contribution >= 0.6 is 11.6 Å². The summed E-state index contributed by atoms with van der Waals surface area (Å²) in [6.45, 7) is 3.60. The first-order valence-electron chi connectivity index (χ1n) is 12.1. The van der Waals surface area contributed by atoms with Crippen molar-refractivity contribution in [3.63, 3.8) is 0 Å². The van der Waals surface area contributed by atoms with Crippen LogP contribution in [-0.4, -0.2) is 39.7 Å². The largest absolute Gasteiger partial charge is 0.493 e. The Labute approximate surface area is 210 Å². The molecule has 184 valence electrons. The Balaban J connectivity index is 1.32. The summed E-state index contributed by atoms with van der Waals surface area (Å²) in [5.41, 5.74) is 1.89. The summed E-state index contributed by atoms with van der Waals surface area (Å²) in [6.07, 6.45) is 5.06. The summed E-state index contributed by atoms with van der Waals surface area (Å²) >= 11 is 6.48. The molecule has 1 aliphatic rings. The van der Waals surface area contributed by atoms with E-state index in [2.05, 4.69) is 25.4 Å². The molecule has 35 heavy (non-hydrogen) atoms. The van der Waals surface area contributed by atoms with Crippen molar-refractivity contribution in [2.45, 2.75) is 52.0 Å². The monoisotopic (exact) mass is 495 g/mol. The molecule has 0 aliphatic carbocycles. The predicted molar refractivity (Wildman–Crippen MR) is 136 cm³/mol. The zero-order valence-corrected chi connectivity index (χ0v) is 20.6. The van der Waals surface area contributed by atoms with Gasteiger partial charge in [0.2, 0.25) is 5.91 Å². The SMILES string of the molecule is CCOc1ccccc1C(=O)NCCCC(=O)Nc1ccc(Cl)c(-c2nnc3n2CCCCC3)c1. The number of hydrogen-bond acceptors (Lipinski definition) is 5. The first-order valence-corrected chi connectivity index (χ1v) is 12.5. The lowest BCUT2D eigenvalue weighted by atomic mass is 10.1. The molecule has 0 fully saturated rings. The van der Waals surface area contributed by atoms with E-state index < -0.39 is 0 Å². The van der Waals surface area contributed by atoms with E-state index in [0.717, 1.165) is 43.0 Å². The minimum atomic E-state index is -0.218. The highest BCUT2D eigenvalue weighted by Crippen LogP contribution is 2.31. The Bertz CT molecular complexity index is 1190. The molecule has 2 aromatic carbocycles. The van der Waals surface area contributed by atoms with Crippen molar-refractivity contribution in [2.24, 2.45) is 0 Å². The molecule has 9 heteroatoms. The minimum Gasteiger partial charge on any atom is -0.493 e. The number of anilines is 1. The van der Waals surface area contributed by atoms with E-state index in [1.165, 1.54) is 6.42 Å². The number of hydrogen-bond donors (Lipinski definition) is 2. The summed E-state index contributed by atoms with van der Waals surface area (Å²) in [6, 6.07) is 12.5. The number of aryl methyl sites for hydroxylation is 1. The molecule has 1 aliphatic heterocycles. The molecule has 0 spiro atoms. The minimum absolute atomic E-state index is 0.137. The number of nitrogens with zero attached hydrogens (tertiary/aromatic N) is 3. The van der Waals surface area contributed by atoms with E-state index >= 15 is 0 Å². The lowest BCUT2D eigenvalue weighted by Crippen LogP contribution is -2.26. The molecule has 4 rings (SSSR count). The Morgan fingerprint density at radius 3 is 2.83 bits per heavy atom. The van der Waals surface area contributed by atoms with Crippen molar-refractivity contribution in [2.75, 3.05) is 18.5 Å². The zero-order chi connectivity index (χ0) is 24.6. The van der Waals surface area contributed by atoms with E-state index in [4.69, 9.17) is 16.3 Å². The lowest BCUT2D eigenvalue weighted by Gasteiger charge is -2.12. The third-order valence-electron chi connectivity index (χ3n) is 5.90. The van der Waals surface area contributed by atoms with Crippen LogP contribution in [0.2, 0.25) is 5.02 Å². The van der Waals surface area contributed by atoms with Gasteiger partial charge in [-0.05, 0) is 56.5 Å². The van der Waals surface area contributed by atoms with Crippen LogP contribution in [0.3, 0.4) is 0 Å². The number of benzene rings is 2. The van der Waals surface area contributed by atoms with Gasteiger partial charge in [-0.1, -0.05) is 30.2 Å². The highest BCUT2D eigenvalue weighted by Gasteiger charge is 2.19. The molecule has 2 N–H and O–H groups in total. The van der Waals surface area contributed by atoms with Crippen LogP contribution in [0.15, 0.2) is 42.5 Å². The molecular weight excluding hydrogens is 466 g/mol. The van der Waals surface area contributed by atoms with Crippen LogP contribution in [0, 0.1) is 0 Å². The van der Waals surface area contributed by atoms with Crippen LogP contribution in [0.4, 0.5) is 5.69 Å². The fourth-order valence-corrected chi connectivity index (χ4v) is 4.37. The number of rotatable bonds is 9. The van der Waals surface area contributed by atoms with Gasteiger partial charge in [0.15, 0.2) is 5.82 Å². The first-order chi connectivity index (χ1) is 17.1. The molecule has 1 aromatic heterocycles. The zero-order valence-electron chi connectivity index (χ0n) is 19.8. The molecule has 8 nitrogen and oxygen atoms in total. The van der Waals surface area contributed by atoms with Crippen LogP contribution in [-0.2, 0) is 17.8 Å². The Hall–Kier alpha value is -3.39. The highest BCUT2D eigenvalue weighted by molar-refractivity contribution is 6.33. The molecule has 2 amide bonds. The van der Waals surface area contributed by atoms with Crippen LogP contribution in [0.25, 0.3) is 11.4 Å². The number of aromatic nitrogens is 3. The Morgan fingerprint density at radius 2 is 1.97 bits per heavy atom. The summed E-state index contributed by atoms with van der Waals surface area (Å²) in [4.78, 5) is 25.0. The number of halogens is 1. The van der Waals surface area contributed by atoms with E-state index in [1.807, 2.05) is 19.1 Å². The third kappa shape index (κ3) is 6.19. The summed E-state index contributed by atoms with van der Waals surface area (Å²) < 4.78 is 7.64. The molecule has 0 saturated carbocycles. The van der Waals surface area contributed by atoms with Crippen LogP contribution in [0.1, 0.15) is 55.2 Å². The van der Waals surface area contributed by atoms with Crippen molar-refractivity contribution in [1.82, 2.24) is 20.1 Å². The number of carbonyl (C=O) groups excluding carboxylic acids is 2. The van der Waals surface area contributed by atoms with Crippen molar-refractivity contribution in [3.05, 3.63) is 58.9 Å². The van der Waals surface area contributed by atoms with Crippen LogP contribution in [0.5, 0.6) is 5.75 Å². The highest BCUT2D eigenvalue weighted by atomic mass is 35.5. The normalized spacial score (nSPS) is 13.0. The van der Waals surface area contributed by atoms with Crippen molar-refractivity contribution in [1.29, 1.82) is 0 Å². The summed E-state index contributed by atoms with van der Waals surface area (Å²) in [5, 5.41) is 15.1. The molecule has 3 aromatic rings. The van der Waals surface area contributed by atoms with Gasteiger partial charge < -0.3 is 19.9 Å². The number of fused-ring (bicyclic) bond motifs is 1. The maximum absolute atomic E-state index is 12.5. The van der Waals surface area contributed by atoms with E-state index in [1.54, 1.807) is 30.3 Å². The number of ether oxygens (including phenoxy) is 1. The van der Waals surface area contributed by atoms with Gasteiger partial charge in [0.25, 0.3) is 5.91 Å². The van der Waals surface area contributed by atoms with E-state index in [-0.39, 0.29) is 18.2 Å². The Morgan fingerprint density at radius 1 is 1.11 bits per heavy atom. The average molecular weight is 496 g/mol. The average Bonchev–Trinajstić information content (AvgIpc) is 3.10. The molecular formula is C26H30ClN5O3. The van der Waals surface area contributed by atoms with E-state index in [9.17, 15) is 9.59 Å². The van der Waals surface area contributed by atoms with Gasteiger partial charge in [-0.15, -0.1) is 10.2 Å². The smallest absolute Gasteiger partial charge is 0.255 e. The summed E-state index contributed by atoms with van der Waals surface area (Å²) in [5.74, 6) is 1.91. The second-order valence-corrected chi connectivity index (χ2v) is 8.84. The maximum atomic E-state index is 12.5. The first kappa shape index (κ1) is 24.7. The maximum Gasteiger partial charge on any atom is 0.255 e. The van der Waals surface area contributed by atoms with Gasteiger partial charge in [-0.3, -0.25) is 9.59 Å². The van der Waals surface area contributed by atoms with Crippen molar-refractivity contribution >= 4 is 29.1 Å². The molecule has 0 bridgehead atoms. The standard InChI is InChI=1S/C26H30ClN5O3/c1-2-35-22-10-6-5-9-19(22)26(34)28-15-8-12-24(33)29-18-13-14-21(27)20(17-18)25-31-30-23-11-4-3-7-16-32(23)25/h5-6,9-10,13-14,17H,2-4,7-8,11-12,15-16H2,1H3,(H,28,34)(H,29,33). The quantitative estimate of drug-likeness (QED) is 0.412. The number of nitrogens with one attached hydrogen (secondary N) is 2. The van der Waals surface area contributed by atoms with Gasteiger partial charge in [0, 0.05) is 37.2 Å². The fourth-order valence-electron chi connectivity index (χ4n) is 4.16. The van der Waals surface area contributed by atoms with Crippen LogP contribution < -0.4 is 15.4 Å². The third-order valence-corrected chi connectivity index (χ3v) is 6.23. The molecule has 0 unspecified atom stereocenters. The van der Waals surface area contributed by atoms with E-state index in [0.29, 0.717) is 41.6 Å². The van der Waals surface area contributed by atoms with Crippen molar-refractivity contribution in [3.8, 4) is 17.1 Å². The molecule has 0 atom stereocenters. The fraction of sp³-hybridized carbons (Fsp3) is 0.385. The summed E-state index contributed by atoms with van der Waals surface area (Å²) in [7, 11) is 0. The van der Waals surface area contributed by atoms with Gasteiger partial charge in [0.1, 0.15) is 11.6 Å². The number of para-hydroxylation sites is 1. The number of carbonyl (C=O) groups is 2. The lowest BCUT2D eigenvalue weighted by molar-refractivity contribution is -0.116. The second kappa shape index (κ2) is 11.8. The number of amides is 2. The molecule has 2 heterocycles.